The number of ether oxygens (including phenoxy) is 2. The van der Waals surface area contributed by atoms with Crippen LogP contribution in [0.2, 0.25) is 0 Å². The van der Waals surface area contributed by atoms with Crippen molar-refractivity contribution in [3.63, 3.8) is 0 Å². The second kappa shape index (κ2) is 12.2. The predicted molar refractivity (Wildman–Crippen MR) is 144 cm³/mol. The lowest BCUT2D eigenvalue weighted by Crippen LogP contribution is -2.43. The number of hydrogen-bond donors (Lipinski definition) is 2. The molecule has 214 valence electrons. The Hall–Kier alpha value is -3.68. The Kier molecular flexibility index (Phi) is 8.96. The first-order chi connectivity index (χ1) is 19.0. The highest BCUT2D eigenvalue weighted by Crippen LogP contribution is 2.41. The number of nitrogens with zero attached hydrogens (tertiary/aromatic N) is 3. The summed E-state index contributed by atoms with van der Waals surface area (Å²) in [6, 6.07) is 11.5. The first-order valence-electron chi connectivity index (χ1n) is 12.5. The first kappa shape index (κ1) is 29.3. The van der Waals surface area contributed by atoms with Gasteiger partial charge in [0.05, 0.1) is 22.6 Å². The van der Waals surface area contributed by atoms with E-state index in [1.54, 1.807) is 12.1 Å². The Morgan fingerprint density at radius 3 is 2.50 bits per heavy atom. The number of thiophene rings is 1. The van der Waals surface area contributed by atoms with E-state index in [1.807, 2.05) is 0 Å². The summed E-state index contributed by atoms with van der Waals surface area (Å²) in [4.78, 5) is 28.7. The molecule has 1 fully saturated rings. The molecule has 1 aromatic heterocycles. The monoisotopic (exact) mass is 579 g/mol. The van der Waals surface area contributed by atoms with Gasteiger partial charge in [-0.1, -0.05) is 24.3 Å². The molecule has 3 aromatic rings. The summed E-state index contributed by atoms with van der Waals surface area (Å²) in [6.45, 7) is 5.74. The lowest BCUT2D eigenvalue weighted by Gasteiger charge is -2.32. The first-order valence-corrected chi connectivity index (χ1v) is 13.3. The van der Waals surface area contributed by atoms with E-state index in [0.29, 0.717) is 11.5 Å². The van der Waals surface area contributed by atoms with Crippen LogP contribution in [0.3, 0.4) is 0 Å². The van der Waals surface area contributed by atoms with Crippen LogP contribution < -0.4 is 10.1 Å². The van der Waals surface area contributed by atoms with E-state index < -0.39 is 23.8 Å². The van der Waals surface area contributed by atoms with Crippen molar-refractivity contribution >= 4 is 33.7 Å². The largest absolute Gasteiger partial charge is 0.484 e. The van der Waals surface area contributed by atoms with Crippen LogP contribution in [-0.4, -0.2) is 66.2 Å². The number of carbonyl (C=O) groups is 1. The van der Waals surface area contributed by atoms with E-state index in [-0.39, 0.29) is 32.5 Å². The number of halogens is 3. The van der Waals surface area contributed by atoms with Crippen LogP contribution in [0.15, 0.2) is 48.5 Å². The summed E-state index contributed by atoms with van der Waals surface area (Å²) < 4.78 is 51.4. The third-order valence-electron chi connectivity index (χ3n) is 6.60. The number of anilines is 2. The smallest absolute Gasteiger partial charge is 0.416 e. The molecule has 0 radical (unpaired) electrons. The molecule has 0 unspecified atom stereocenters. The minimum absolute atomic E-state index is 0.0157. The second-order valence-electron chi connectivity index (χ2n) is 9.47. The molecule has 2 heterocycles. The normalized spacial score (nSPS) is 15.4. The van der Waals surface area contributed by atoms with Gasteiger partial charge in [0.2, 0.25) is 0 Å². The second-order valence-corrected chi connectivity index (χ2v) is 10.5. The Bertz CT molecular complexity index is 1370. The van der Waals surface area contributed by atoms with Crippen molar-refractivity contribution in [1.82, 2.24) is 9.80 Å². The van der Waals surface area contributed by atoms with Gasteiger partial charge in [-0.2, -0.15) is 13.2 Å². The summed E-state index contributed by atoms with van der Waals surface area (Å²) in [6.07, 6.45) is -5.64. The minimum atomic E-state index is -4.58. The van der Waals surface area contributed by atoms with Crippen LogP contribution in [0.4, 0.5) is 29.5 Å². The van der Waals surface area contributed by atoms with Crippen molar-refractivity contribution in [1.29, 1.82) is 0 Å². The van der Waals surface area contributed by atoms with Crippen LogP contribution in [0.1, 0.15) is 39.4 Å². The van der Waals surface area contributed by atoms with E-state index in [2.05, 4.69) is 22.2 Å². The molecule has 1 aliphatic heterocycles. The van der Waals surface area contributed by atoms with Crippen LogP contribution in [0.5, 0.6) is 5.75 Å². The minimum Gasteiger partial charge on any atom is -0.484 e. The maximum Gasteiger partial charge on any atom is 0.416 e. The fourth-order valence-corrected chi connectivity index (χ4v) is 5.39. The maximum absolute atomic E-state index is 13.6. The zero-order valence-electron chi connectivity index (χ0n) is 22.2. The fourth-order valence-electron chi connectivity index (χ4n) is 4.47. The molecule has 0 amide bonds. The lowest BCUT2D eigenvalue weighted by atomic mass is 10.0. The van der Waals surface area contributed by atoms with E-state index >= 15 is 0 Å². The number of alkyl halides is 3. The summed E-state index contributed by atoms with van der Waals surface area (Å²) in [5.74, 6) is -0.719. The van der Waals surface area contributed by atoms with E-state index in [4.69, 9.17) is 9.47 Å². The molecular formula is C27H30F3N4O5S+. The van der Waals surface area contributed by atoms with Crippen molar-refractivity contribution in [3.05, 3.63) is 75.0 Å². The molecule has 2 N–H and O–H groups in total. The Labute approximate surface area is 233 Å². The standard InChI is InChI=1S/C27H29F3N4O5S/c1-17(19-6-4-5-7-20(19)27(28,29)30)39-23-15-24(40-25(23)26(35)38-3)31-21-14-18(8-9-22(21)34(36)37)16-33-12-10-32(2)11-13-33/h4-9,14-15,17H,10-13,16H2,1-3H3,(H-,31,35,36,37)/p+1/t17-/m1/s1. The quantitative estimate of drug-likeness (QED) is 0.236. The van der Waals surface area contributed by atoms with Crippen molar-refractivity contribution in [2.24, 2.45) is 0 Å². The van der Waals surface area contributed by atoms with Crippen LogP contribution in [0.25, 0.3) is 0 Å². The molecule has 0 spiro atoms. The highest BCUT2D eigenvalue weighted by molar-refractivity contribution is 7.18. The number of rotatable bonds is 9. The Morgan fingerprint density at radius 1 is 1.15 bits per heavy atom. The van der Waals surface area contributed by atoms with Gasteiger partial charge < -0.3 is 19.7 Å². The molecule has 2 aromatic carbocycles. The highest BCUT2D eigenvalue weighted by atomic mass is 32.1. The number of likely N-dealkylation sites (N-methyl/N-ethyl adjacent to an activating group) is 1. The topological polar surface area (TPSA) is 94.4 Å². The van der Waals surface area contributed by atoms with Gasteiger partial charge in [0, 0.05) is 50.4 Å². The number of benzene rings is 2. The summed E-state index contributed by atoms with van der Waals surface area (Å²) in [7, 11) is 3.25. The van der Waals surface area contributed by atoms with Gasteiger partial charge in [-0.15, -0.1) is 11.3 Å². The van der Waals surface area contributed by atoms with Gasteiger partial charge in [0.15, 0.2) is 4.88 Å². The Morgan fingerprint density at radius 2 is 1.85 bits per heavy atom. The zero-order chi connectivity index (χ0) is 29.0. The van der Waals surface area contributed by atoms with Gasteiger partial charge in [-0.05, 0) is 31.7 Å². The third-order valence-corrected chi connectivity index (χ3v) is 7.62. The fraction of sp³-hybridized carbons (Fsp3) is 0.370. The molecule has 1 atom stereocenters. The van der Waals surface area contributed by atoms with Crippen LogP contribution in [0, 0.1) is 4.91 Å². The van der Waals surface area contributed by atoms with E-state index in [1.165, 1.54) is 44.4 Å². The summed E-state index contributed by atoms with van der Waals surface area (Å²) >= 11 is 0.945. The zero-order valence-corrected chi connectivity index (χ0v) is 23.0. The van der Waals surface area contributed by atoms with Gasteiger partial charge >= 0.3 is 17.8 Å². The highest BCUT2D eigenvalue weighted by Gasteiger charge is 2.35. The summed E-state index contributed by atoms with van der Waals surface area (Å²) in [5, 5.41) is 13.1. The number of nitrogens with one attached hydrogen (secondary N) is 1. The van der Waals surface area contributed by atoms with Crippen molar-refractivity contribution in [3.8, 4) is 5.75 Å². The molecule has 0 saturated carbocycles. The van der Waals surface area contributed by atoms with Crippen molar-refractivity contribution in [2.75, 3.05) is 45.7 Å². The number of carbonyl (C=O) groups excluding carboxylic acids is 1. The van der Waals surface area contributed by atoms with Gasteiger partial charge in [0.25, 0.3) is 4.92 Å². The van der Waals surface area contributed by atoms with Gasteiger partial charge in [0.1, 0.15) is 17.5 Å². The van der Waals surface area contributed by atoms with Gasteiger partial charge in [-0.25, -0.2) is 10.0 Å². The van der Waals surface area contributed by atoms with Crippen molar-refractivity contribution in [2.45, 2.75) is 25.7 Å². The maximum atomic E-state index is 13.6. The third kappa shape index (κ3) is 6.90. The summed E-state index contributed by atoms with van der Waals surface area (Å²) in [5.41, 5.74) is 0.203. The molecule has 4 rings (SSSR count). The molecular weight excluding hydrogens is 549 g/mol. The van der Waals surface area contributed by atoms with Gasteiger partial charge in [-0.3, -0.25) is 4.90 Å². The molecule has 9 nitrogen and oxygen atoms in total. The average molecular weight is 580 g/mol. The number of hydrogen-bond acceptors (Lipinski definition) is 8. The number of methoxy groups -OCH3 is 1. The van der Waals surface area contributed by atoms with Crippen LogP contribution >= 0.6 is 11.3 Å². The SMILES string of the molecule is COC(=O)c1sc(Nc2cc(CN3CCN(C)CC3)ccc2[N+](=O)O)cc1O[C@H](C)c1ccccc1C(F)(F)F. The lowest BCUT2D eigenvalue weighted by molar-refractivity contribution is -0.729. The molecule has 1 saturated heterocycles. The molecule has 0 aliphatic carbocycles. The van der Waals surface area contributed by atoms with Crippen molar-refractivity contribution < 1.29 is 37.6 Å². The Balaban J connectivity index is 1.62. The number of esters is 1. The number of piperazine rings is 1. The average Bonchev–Trinajstić information content (AvgIpc) is 3.30. The van der Waals surface area contributed by atoms with Crippen LogP contribution in [-0.2, 0) is 17.5 Å². The molecule has 1 aliphatic rings. The molecule has 40 heavy (non-hydrogen) atoms. The molecule has 13 heteroatoms. The van der Waals surface area contributed by atoms with E-state index in [0.717, 1.165) is 49.1 Å². The molecule has 0 bridgehead atoms. The predicted octanol–water partition coefficient (Wildman–Crippen LogP) is 5.98. The van der Waals surface area contributed by atoms with E-state index in [9.17, 15) is 28.1 Å².